The van der Waals surface area contributed by atoms with E-state index in [1.807, 2.05) is 0 Å². The Kier molecular flexibility index (Phi) is 2.36. The highest BCUT2D eigenvalue weighted by Gasteiger charge is 2.35. The van der Waals surface area contributed by atoms with Gasteiger partial charge in [-0.2, -0.15) is 0 Å². The summed E-state index contributed by atoms with van der Waals surface area (Å²) in [6.07, 6.45) is 2.38. The van der Waals surface area contributed by atoms with Crippen LogP contribution in [0.2, 0.25) is 0 Å². The predicted molar refractivity (Wildman–Crippen MR) is 60.5 cm³/mol. The van der Waals surface area contributed by atoms with Crippen LogP contribution in [0.15, 0.2) is 24.3 Å². The maximum atomic E-state index is 5.65. The fourth-order valence-corrected chi connectivity index (χ4v) is 2.76. The molecule has 2 rings (SSSR count). The second-order valence-corrected chi connectivity index (χ2v) is 4.95. The standard InChI is InChI=1S/C13H19N/c1-13(2)9-10(7-8-14)11-5-3-4-6-12(11)13/h3-6,10H,7-9,14H2,1-2H3. The largest absolute Gasteiger partial charge is 0.330 e. The highest BCUT2D eigenvalue weighted by molar-refractivity contribution is 5.41. The summed E-state index contributed by atoms with van der Waals surface area (Å²) in [6.45, 7) is 5.47. The van der Waals surface area contributed by atoms with Crippen molar-refractivity contribution in [1.82, 2.24) is 0 Å². The van der Waals surface area contributed by atoms with E-state index in [9.17, 15) is 0 Å². The Morgan fingerprint density at radius 3 is 2.79 bits per heavy atom. The quantitative estimate of drug-likeness (QED) is 0.760. The van der Waals surface area contributed by atoms with Gasteiger partial charge in [-0.25, -0.2) is 0 Å². The molecule has 0 radical (unpaired) electrons. The summed E-state index contributed by atoms with van der Waals surface area (Å²) < 4.78 is 0. The van der Waals surface area contributed by atoms with Crippen molar-refractivity contribution in [3.63, 3.8) is 0 Å². The zero-order valence-corrected chi connectivity index (χ0v) is 9.09. The van der Waals surface area contributed by atoms with Crippen molar-refractivity contribution < 1.29 is 0 Å². The molecule has 0 saturated heterocycles. The molecular weight excluding hydrogens is 170 g/mol. The zero-order valence-electron chi connectivity index (χ0n) is 9.09. The lowest BCUT2D eigenvalue weighted by molar-refractivity contribution is 0.463. The van der Waals surface area contributed by atoms with Gasteiger partial charge in [0, 0.05) is 0 Å². The smallest absolute Gasteiger partial charge is 0.00714 e. The number of hydrogen-bond donors (Lipinski definition) is 1. The Morgan fingerprint density at radius 2 is 2.07 bits per heavy atom. The molecule has 0 bridgehead atoms. The van der Waals surface area contributed by atoms with Crippen molar-refractivity contribution in [2.45, 2.75) is 38.0 Å². The minimum absolute atomic E-state index is 0.344. The van der Waals surface area contributed by atoms with E-state index in [1.165, 1.54) is 17.5 Å². The first-order valence-corrected chi connectivity index (χ1v) is 5.44. The van der Waals surface area contributed by atoms with Gasteiger partial charge in [0.2, 0.25) is 0 Å². The maximum absolute atomic E-state index is 5.65. The molecule has 14 heavy (non-hydrogen) atoms. The summed E-state index contributed by atoms with van der Waals surface area (Å²) in [5.74, 6) is 0.686. The van der Waals surface area contributed by atoms with E-state index in [-0.39, 0.29) is 0 Å². The molecule has 76 valence electrons. The van der Waals surface area contributed by atoms with E-state index in [0.29, 0.717) is 11.3 Å². The van der Waals surface area contributed by atoms with E-state index in [1.54, 1.807) is 0 Å². The average molecular weight is 189 g/mol. The van der Waals surface area contributed by atoms with Crippen LogP contribution < -0.4 is 5.73 Å². The molecule has 2 N–H and O–H groups in total. The summed E-state index contributed by atoms with van der Waals surface area (Å²) in [4.78, 5) is 0. The van der Waals surface area contributed by atoms with Gasteiger partial charge in [-0.05, 0) is 41.8 Å². The maximum Gasteiger partial charge on any atom is -0.00714 e. The van der Waals surface area contributed by atoms with Crippen molar-refractivity contribution in [3.05, 3.63) is 35.4 Å². The van der Waals surface area contributed by atoms with Crippen LogP contribution in [0.3, 0.4) is 0 Å². The number of hydrogen-bond acceptors (Lipinski definition) is 1. The first-order chi connectivity index (χ1) is 6.65. The Balaban J connectivity index is 2.39. The van der Waals surface area contributed by atoms with Gasteiger partial charge >= 0.3 is 0 Å². The van der Waals surface area contributed by atoms with Gasteiger partial charge in [0.25, 0.3) is 0 Å². The molecule has 1 aromatic carbocycles. The third-order valence-corrected chi connectivity index (χ3v) is 3.40. The van der Waals surface area contributed by atoms with Crippen LogP contribution in [-0.2, 0) is 5.41 Å². The van der Waals surface area contributed by atoms with Gasteiger partial charge in [-0.1, -0.05) is 38.1 Å². The van der Waals surface area contributed by atoms with E-state index >= 15 is 0 Å². The highest BCUT2D eigenvalue weighted by atomic mass is 14.5. The van der Waals surface area contributed by atoms with Crippen molar-refractivity contribution in [3.8, 4) is 0 Å². The molecule has 1 aliphatic carbocycles. The lowest BCUT2D eigenvalue weighted by atomic mass is 9.86. The number of benzene rings is 1. The number of fused-ring (bicyclic) bond motifs is 1. The summed E-state index contributed by atoms with van der Waals surface area (Å²) in [5, 5.41) is 0. The van der Waals surface area contributed by atoms with Gasteiger partial charge in [-0.15, -0.1) is 0 Å². The predicted octanol–water partition coefficient (Wildman–Crippen LogP) is 2.80. The van der Waals surface area contributed by atoms with Crippen LogP contribution in [0.1, 0.15) is 43.7 Å². The second-order valence-electron chi connectivity index (χ2n) is 4.95. The molecule has 0 heterocycles. The zero-order chi connectivity index (χ0) is 10.2. The lowest BCUT2D eigenvalue weighted by Gasteiger charge is -2.19. The monoisotopic (exact) mass is 189 g/mol. The van der Waals surface area contributed by atoms with Gasteiger partial charge < -0.3 is 5.73 Å². The topological polar surface area (TPSA) is 26.0 Å². The molecule has 1 aromatic rings. The molecule has 0 spiro atoms. The van der Waals surface area contributed by atoms with Crippen molar-refractivity contribution >= 4 is 0 Å². The van der Waals surface area contributed by atoms with Gasteiger partial charge in [-0.3, -0.25) is 0 Å². The molecule has 1 nitrogen and oxygen atoms in total. The molecule has 1 atom stereocenters. The Hall–Kier alpha value is -0.820. The summed E-state index contributed by atoms with van der Waals surface area (Å²) in [5.41, 5.74) is 9.05. The molecule has 1 unspecified atom stereocenters. The van der Waals surface area contributed by atoms with Crippen LogP contribution in [-0.4, -0.2) is 6.54 Å². The fraction of sp³-hybridized carbons (Fsp3) is 0.538. The molecule has 0 aromatic heterocycles. The van der Waals surface area contributed by atoms with Gasteiger partial charge in [0.15, 0.2) is 0 Å². The van der Waals surface area contributed by atoms with Gasteiger partial charge in [0.05, 0.1) is 0 Å². The average Bonchev–Trinajstić information content (AvgIpc) is 2.41. The Labute approximate surface area is 86.3 Å². The van der Waals surface area contributed by atoms with Crippen molar-refractivity contribution in [1.29, 1.82) is 0 Å². The normalized spacial score (nSPS) is 23.5. The first-order valence-electron chi connectivity index (χ1n) is 5.44. The summed E-state index contributed by atoms with van der Waals surface area (Å²) >= 11 is 0. The lowest BCUT2D eigenvalue weighted by Crippen LogP contribution is -2.13. The van der Waals surface area contributed by atoms with E-state index in [2.05, 4.69) is 38.1 Å². The first kappa shape index (κ1) is 9.72. The molecule has 1 heteroatoms. The van der Waals surface area contributed by atoms with E-state index < -0.39 is 0 Å². The van der Waals surface area contributed by atoms with E-state index in [4.69, 9.17) is 5.73 Å². The minimum atomic E-state index is 0.344. The Morgan fingerprint density at radius 1 is 1.36 bits per heavy atom. The number of rotatable bonds is 2. The molecule has 0 saturated carbocycles. The number of nitrogens with two attached hydrogens (primary N) is 1. The SMILES string of the molecule is CC1(C)CC(CCN)c2ccccc21. The van der Waals surface area contributed by atoms with Crippen LogP contribution in [0, 0.1) is 0 Å². The van der Waals surface area contributed by atoms with E-state index in [0.717, 1.165) is 13.0 Å². The molecule has 1 aliphatic rings. The minimum Gasteiger partial charge on any atom is -0.330 e. The second kappa shape index (κ2) is 3.39. The summed E-state index contributed by atoms with van der Waals surface area (Å²) in [7, 11) is 0. The van der Waals surface area contributed by atoms with Crippen LogP contribution >= 0.6 is 0 Å². The molecule has 0 fully saturated rings. The fourth-order valence-electron chi connectivity index (χ4n) is 2.76. The Bertz CT molecular complexity index is 328. The van der Waals surface area contributed by atoms with Crippen LogP contribution in [0.25, 0.3) is 0 Å². The van der Waals surface area contributed by atoms with Crippen LogP contribution in [0.4, 0.5) is 0 Å². The van der Waals surface area contributed by atoms with Gasteiger partial charge in [0.1, 0.15) is 0 Å². The van der Waals surface area contributed by atoms with Crippen LogP contribution in [0.5, 0.6) is 0 Å². The highest BCUT2D eigenvalue weighted by Crippen LogP contribution is 2.46. The van der Waals surface area contributed by atoms with Crippen molar-refractivity contribution in [2.24, 2.45) is 5.73 Å². The molecule has 0 amide bonds. The summed E-state index contributed by atoms with van der Waals surface area (Å²) in [6, 6.07) is 8.82. The third kappa shape index (κ3) is 1.46. The molecular formula is C13H19N. The molecule has 0 aliphatic heterocycles. The third-order valence-electron chi connectivity index (χ3n) is 3.40. The van der Waals surface area contributed by atoms with Crippen molar-refractivity contribution in [2.75, 3.05) is 6.54 Å².